The van der Waals surface area contributed by atoms with E-state index in [1.165, 1.54) is 0 Å². The molecule has 0 spiro atoms. The topological polar surface area (TPSA) is 73.8 Å². The van der Waals surface area contributed by atoms with Crippen LogP contribution in [0.5, 0.6) is 28.7 Å². The fraction of sp³-hybridized carbons (Fsp3) is 0.358. The van der Waals surface area contributed by atoms with E-state index in [1.54, 1.807) is 20.3 Å². The molecule has 0 fully saturated rings. The largest absolute Gasteiger partial charge is 0.497 e. The molecule has 0 amide bonds. The van der Waals surface area contributed by atoms with Gasteiger partial charge in [0.1, 0.15) is 28.7 Å². The van der Waals surface area contributed by atoms with Crippen molar-refractivity contribution in [3.8, 4) is 39.9 Å². The Kier molecular flexibility index (Phi) is 18.9. The van der Waals surface area contributed by atoms with Crippen LogP contribution in [0.2, 0.25) is 0 Å². The van der Waals surface area contributed by atoms with Crippen LogP contribution in [0.25, 0.3) is 16.7 Å². The molecular weight excluding hydrogens is 827 g/mol. The van der Waals surface area contributed by atoms with E-state index in [9.17, 15) is 0 Å². The van der Waals surface area contributed by atoms with Crippen LogP contribution in [0.3, 0.4) is 0 Å². The molecule has 4 unspecified atom stereocenters. The van der Waals surface area contributed by atoms with Crippen molar-refractivity contribution in [2.45, 2.75) is 106 Å². The summed E-state index contributed by atoms with van der Waals surface area (Å²) in [5.41, 5.74) is 7.05. The van der Waals surface area contributed by atoms with Gasteiger partial charge >= 0.3 is 17.2 Å². The summed E-state index contributed by atoms with van der Waals surface area (Å²) in [6.07, 6.45) is 11.1. The van der Waals surface area contributed by atoms with Crippen LogP contribution in [0.15, 0.2) is 123 Å². The van der Waals surface area contributed by atoms with Crippen molar-refractivity contribution in [3.63, 3.8) is 0 Å². The lowest BCUT2D eigenvalue weighted by atomic mass is 9.78. The van der Waals surface area contributed by atoms with Gasteiger partial charge in [0.05, 0.1) is 33.5 Å². The van der Waals surface area contributed by atoms with Crippen molar-refractivity contribution in [1.82, 2.24) is 0 Å². The van der Waals surface area contributed by atoms with Crippen LogP contribution >= 0.6 is 17.2 Å². The van der Waals surface area contributed by atoms with Gasteiger partial charge in [-0.05, 0) is 84.2 Å². The van der Waals surface area contributed by atoms with Crippen molar-refractivity contribution < 1.29 is 36.6 Å². The molecule has 1 aliphatic rings. The quantitative estimate of drug-likeness (QED) is 0.0590. The number of fused-ring (bicyclic) bond motifs is 1. The summed E-state index contributed by atoms with van der Waals surface area (Å²) >= 11 is 0. The molecule has 63 heavy (non-hydrogen) atoms. The first-order valence-corrected chi connectivity index (χ1v) is 23.7. The molecule has 0 aromatic heterocycles. The highest BCUT2D eigenvalue weighted by atomic mass is 31.2. The molecule has 1 heterocycles. The summed E-state index contributed by atoms with van der Waals surface area (Å²) in [6.45, 7) is 35.6. The molecule has 338 valence electrons. The molecule has 0 saturated carbocycles. The average Bonchev–Trinajstić information content (AvgIpc) is 3.41. The number of allylic oxidation sites excluding steroid dienone is 4. The maximum Gasteiger partial charge on any atom is 0.463 e. The van der Waals surface area contributed by atoms with Crippen LogP contribution in [0, 0.1) is 6.92 Å². The Hall–Kier alpha value is -4.68. The van der Waals surface area contributed by atoms with Gasteiger partial charge in [-0.3, -0.25) is 13.6 Å². The third-order valence-corrected chi connectivity index (χ3v) is 12.5. The number of para-hydroxylation sites is 2. The van der Waals surface area contributed by atoms with Crippen LogP contribution in [0.1, 0.15) is 109 Å². The van der Waals surface area contributed by atoms with E-state index in [2.05, 4.69) is 79.5 Å². The van der Waals surface area contributed by atoms with Gasteiger partial charge in [0.25, 0.3) is 0 Å². The maximum absolute atomic E-state index is 7.16. The Labute approximate surface area is 380 Å². The second kappa shape index (κ2) is 23.3. The fourth-order valence-electron chi connectivity index (χ4n) is 7.15. The van der Waals surface area contributed by atoms with Crippen molar-refractivity contribution >= 4 is 22.8 Å². The zero-order chi connectivity index (χ0) is 46.5. The SMILES string of the molecule is C=CC(=C)c1ccccc1OP(OC/C=C\C)Oc1c(C(C)(C)C)cc(OC)c(C)c1-c1cc(OC)cc(C(C)(C)C)c1COP1Oc2ccccc2C(/C=C\C)C(C=C)O1.CC. The Morgan fingerprint density at radius 3 is 2.14 bits per heavy atom. The Morgan fingerprint density at radius 2 is 1.52 bits per heavy atom. The molecule has 4 aromatic rings. The monoisotopic (exact) mass is 894 g/mol. The first-order valence-electron chi connectivity index (χ1n) is 21.5. The van der Waals surface area contributed by atoms with Gasteiger partial charge in [-0.25, -0.2) is 0 Å². The standard InChI is InChI=1S/C51H62O8P2.C2H6/c1-15-19-29-54-60(57-45-27-22-20-25-37(45)34(5)17-3)59-49-43(51(10,11)12)32-47(53-14)35(6)48(49)40-30-36(52-13)31-42(50(7,8)9)41(40)33-55-61-56-44(18-4)38(24-16-2)39-26-21-23-28-46(39)58-61;1-2/h15-28,30-32,38,44H,3-5,29,33H2,1-2,6-14H3;1-2H3/b19-15-,24-16-;. The number of ether oxygens (including phenoxy) is 2. The molecule has 4 atom stereocenters. The van der Waals surface area contributed by atoms with Crippen LogP contribution in [-0.2, 0) is 31.0 Å². The predicted molar refractivity (Wildman–Crippen MR) is 264 cm³/mol. The number of hydrogen-bond acceptors (Lipinski definition) is 8. The van der Waals surface area contributed by atoms with E-state index in [0.29, 0.717) is 28.7 Å². The minimum atomic E-state index is -2.06. The smallest absolute Gasteiger partial charge is 0.463 e. The molecule has 0 saturated heterocycles. The molecule has 4 aromatic carbocycles. The zero-order valence-corrected chi connectivity index (χ0v) is 41.5. The molecule has 0 aliphatic carbocycles. The summed E-state index contributed by atoms with van der Waals surface area (Å²) < 4.78 is 52.4. The lowest BCUT2D eigenvalue weighted by Crippen LogP contribution is -2.18. The zero-order valence-electron chi connectivity index (χ0n) is 39.7. The molecule has 10 heteroatoms. The van der Waals surface area contributed by atoms with Gasteiger partial charge in [-0.2, -0.15) is 0 Å². The highest BCUT2D eigenvalue weighted by Gasteiger charge is 2.36. The van der Waals surface area contributed by atoms with E-state index in [1.807, 2.05) is 114 Å². The van der Waals surface area contributed by atoms with Crippen molar-refractivity contribution in [2.24, 2.45) is 0 Å². The minimum absolute atomic E-state index is 0.0969. The van der Waals surface area contributed by atoms with Crippen LogP contribution < -0.4 is 23.0 Å². The van der Waals surface area contributed by atoms with Crippen LogP contribution in [-0.4, -0.2) is 26.9 Å². The Balaban J connectivity index is 0.00000429. The normalized spacial score (nSPS) is 16.8. The molecule has 0 radical (unpaired) electrons. The second-order valence-electron chi connectivity index (χ2n) is 16.6. The lowest BCUT2D eigenvalue weighted by Gasteiger charge is -2.31. The summed E-state index contributed by atoms with van der Waals surface area (Å²) in [5.74, 6) is 3.15. The highest BCUT2D eigenvalue weighted by molar-refractivity contribution is 7.42. The second-order valence-corrected chi connectivity index (χ2v) is 18.8. The van der Waals surface area contributed by atoms with Gasteiger partial charge in [-0.15, -0.1) is 6.58 Å². The van der Waals surface area contributed by atoms with Gasteiger partial charge < -0.3 is 23.0 Å². The number of rotatable bonds is 17. The lowest BCUT2D eigenvalue weighted by molar-refractivity contribution is 0.169. The maximum atomic E-state index is 7.16. The fourth-order valence-corrected chi connectivity index (χ4v) is 9.29. The summed E-state index contributed by atoms with van der Waals surface area (Å²) in [7, 11) is -0.585. The van der Waals surface area contributed by atoms with Crippen molar-refractivity contribution in [3.05, 3.63) is 156 Å². The summed E-state index contributed by atoms with van der Waals surface area (Å²) in [5, 5.41) is 0. The number of benzene rings is 4. The third-order valence-electron chi connectivity index (χ3n) is 10.3. The number of methoxy groups -OCH3 is 2. The molecular formula is C53H68O8P2. The third kappa shape index (κ3) is 12.5. The van der Waals surface area contributed by atoms with E-state index in [4.69, 9.17) is 36.6 Å². The highest BCUT2D eigenvalue weighted by Crippen LogP contribution is 2.55. The average molecular weight is 895 g/mol. The Morgan fingerprint density at radius 1 is 0.841 bits per heavy atom. The van der Waals surface area contributed by atoms with E-state index in [-0.39, 0.29) is 30.7 Å². The number of hydrogen-bond donors (Lipinski definition) is 0. The van der Waals surface area contributed by atoms with E-state index < -0.39 is 22.6 Å². The van der Waals surface area contributed by atoms with Crippen molar-refractivity contribution in [1.29, 1.82) is 0 Å². The molecule has 0 bridgehead atoms. The predicted octanol–water partition coefficient (Wildman–Crippen LogP) is 15.8. The molecule has 0 N–H and O–H groups in total. The Bertz CT molecular complexity index is 2250. The van der Waals surface area contributed by atoms with Gasteiger partial charge in [0, 0.05) is 33.7 Å². The summed E-state index contributed by atoms with van der Waals surface area (Å²) in [6, 6.07) is 21.8. The van der Waals surface area contributed by atoms with Crippen molar-refractivity contribution in [2.75, 3.05) is 20.8 Å². The minimum Gasteiger partial charge on any atom is -0.497 e. The van der Waals surface area contributed by atoms with E-state index >= 15 is 0 Å². The van der Waals surface area contributed by atoms with Gasteiger partial charge in [-0.1, -0.05) is 141 Å². The van der Waals surface area contributed by atoms with E-state index in [0.717, 1.165) is 50.1 Å². The van der Waals surface area contributed by atoms with Crippen LogP contribution in [0.4, 0.5) is 0 Å². The molecule has 1 aliphatic heterocycles. The molecule has 5 rings (SSSR count). The first-order chi connectivity index (χ1) is 30.1. The van der Waals surface area contributed by atoms with Gasteiger partial charge in [0.15, 0.2) is 0 Å². The first kappa shape index (κ1) is 51.0. The summed E-state index contributed by atoms with van der Waals surface area (Å²) in [4.78, 5) is 0. The molecule has 8 nitrogen and oxygen atoms in total. The van der Waals surface area contributed by atoms with Gasteiger partial charge in [0.2, 0.25) is 0 Å².